The van der Waals surface area contributed by atoms with E-state index >= 15 is 0 Å². The number of imidazole rings is 1. The fourth-order valence-electron chi connectivity index (χ4n) is 2.26. The van der Waals surface area contributed by atoms with Gasteiger partial charge in [-0.2, -0.15) is 0 Å². The average molecular weight is 254 g/mol. The number of hydrogen-bond acceptors (Lipinski definition) is 3. The van der Waals surface area contributed by atoms with Crippen LogP contribution in [0, 0.1) is 0 Å². The SMILES string of the molecule is O=Cc1cn(CCCn2ccnc2)c2ncccc12. The number of aldehydes is 1. The van der Waals surface area contributed by atoms with Crippen LogP contribution in [0.15, 0.2) is 43.2 Å². The third-order valence-electron chi connectivity index (χ3n) is 3.17. The normalized spacial score (nSPS) is 10.9. The predicted molar refractivity (Wildman–Crippen MR) is 72.0 cm³/mol. The minimum atomic E-state index is 0.700. The summed E-state index contributed by atoms with van der Waals surface area (Å²) in [7, 11) is 0. The zero-order chi connectivity index (χ0) is 13.1. The van der Waals surface area contributed by atoms with Gasteiger partial charge in [0.2, 0.25) is 0 Å². The van der Waals surface area contributed by atoms with Crippen molar-refractivity contribution in [1.82, 2.24) is 19.1 Å². The van der Waals surface area contributed by atoms with Gasteiger partial charge in [-0.1, -0.05) is 0 Å². The number of pyridine rings is 1. The van der Waals surface area contributed by atoms with Crippen LogP contribution in [-0.2, 0) is 13.1 Å². The topological polar surface area (TPSA) is 52.7 Å². The molecule has 0 unspecified atom stereocenters. The van der Waals surface area contributed by atoms with Crippen molar-refractivity contribution in [2.45, 2.75) is 19.5 Å². The van der Waals surface area contributed by atoms with Crippen molar-refractivity contribution in [3.05, 3.63) is 48.8 Å². The van der Waals surface area contributed by atoms with E-state index in [-0.39, 0.29) is 0 Å². The van der Waals surface area contributed by atoms with E-state index in [1.54, 1.807) is 12.4 Å². The summed E-state index contributed by atoms with van der Waals surface area (Å²) in [6.45, 7) is 1.74. The largest absolute Gasteiger partial charge is 0.337 e. The van der Waals surface area contributed by atoms with Gasteiger partial charge in [0.25, 0.3) is 0 Å². The quantitative estimate of drug-likeness (QED) is 0.655. The first-order valence-corrected chi connectivity index (χ1v) is 6.23. The first kappa shape index (κ1) is 11.6. The van der Waals surface area contributed by atoms with E-state index in [2.05, 4.69) is 9.97 Å². The summed E-state index contributed by atoms with van der Waals surface area (Å²) < 4.78 is 4.08. The van der Waals surface area contributed by atoms with Crippen LogP contribution in [0.4, 0.5) is 0 Å². The van der Waals surface area contributed by atoms with E-state index in [1.807, 2.05) is 40.0 Å². The highest BCUT2D eigenvalue weighted by atomic mass is 16.1. The maximum atomic E-state index is 11.0. The number of carbonyl (C=O) groups is 1. The minimum absolute atomic E-state index is 0.700. The highest BCUT2D eigenvalue weighted by Gasteiger charge is 2.07. The smallest absolute Gasteiger partial charge is 0.152 e. The molecule has 5 nitrogen and oxygen atoms in total. The maximum absolute atomic E-state index is 11.0. The lowest BCUT2D eigenvalue weighted by Crippen LogP contribution is -2.02. The Morgan fingerprint density at radius 1 is 1.26 bits per heavy atom. The van der Waals surface area contributed by atoms with E-state index in [0.717, 1.165) is 36.8 Å². The molecule has 0 bridgehead atoms. The number of rotatable bonds is 5. The Kier molecular flexibility index (Phi) is 3.10. The summed E-state index contributed by atoms with van der Waals surface area (Å²) in [5.74, 6) is 0. The Balaban J connectivity index is 1.79. The number of aryl methyl sites for hydroxylation is 2. The molecule has 0 N–H and O–H groups in total. The van der Waals surface area contributed by atoms with Crippen molar-refractivity contribution in [3.63, 3.8) is 0 Å². The molecule has 0 aliphatic rings. The second-order valence-corrected chi connectivity index (χ2v) is 4.42. The second-order valence-electron chi connectivity index (χ2n) is 4.42. The van der Waals surface area contributed by atoms with Crippen molar-refractivity contribution in [2.24, 2.45) is 0 Å². The van der Waals surface area contributed by atoms with Gasteiger partial charge >= 0.3 is 0 Å². The Morgan fingerprint density at radius 3 is 3.00 bits per heavy atom. The van der Waals surface area contributed by atoms with Gasteiger partial charge in [0, 0.05) is 48.8 Å². The highest BCUT2D eigenvalue weighted by Crippen LogP contribution is 2.18. The van der Waals surface area contributed by atoms with Crippen LogP contribution in [0.2, 0.25) is 0 Å². The third kappa shape index (κ3) is 2.27. The zero-order valence-electron chi connectivity index (χ0n) is 10.4. The van der Waals surface area contributed by atoms with Crippen molar-refractivity contribution in [2.75, 3.05) is 0 Å². The molecule has 3 aromatic heterocycles. The van der Waals surface area contributed by atoms with Crippen LogP contribution in [0.3, 0.4) is 0 Å². The van der Waals surface area contributed by atoms with Crippen LogP contribution in [-0.4, -0.2) is 25.4 Å². The van der Waals surface area contributed by atoms with Gasteiger partial charge in [-0.25, -0.2) is 9.97 Å². The van der Waals surface area contributed by atoms with E-state index in [1.165, 1.54) is 0 Å². The first-order valence-electron chi connectivity index (χ1n) is 6.23. The number of fused-ring (bicyclic) bond motifs is 1. The molecular formula is C14H14N4O. The molecule has 3 rings (SSSR count). The molecule has 0 radical (unpaired) electrons. The molecule has 5 heteroatoms. The van der Waals surface area contributed by atoms with Crippen molar-refractivity contribution in [1.29, 1.82) is 0 Å². The molecule has 0 fully saturated rings. The molecule has 3 aromatic rings. The molecule has 0 aliphatic carbocycles. The summed E-state index contributed by atoms with van der Waals surface area (Å²) in [5.41, 5.74) is 1.57. The lowest BCUT2D eigenvalue weighted by atomic mass is 10.2. The molecule has 0 aliphatic heterocycles. The average Bonchev–Trinajstić information content (AvgIpc) is 3.07. The monoisotopic (exact) mass is 254 g/mol. The zero-order valence-corrected chi connectivity index (χ0v) is 10.4. The molecule has 0 spiro atoms. The molecule has 0 atom stereocenters. The summed E-state index contributed by atoms with van der Waals surface area (Å²) >= 11 is 0. The molecule has 0 amide bonds. The van der Waals surface area contributed by atoms with Crippen molar-refractivity contribution in [3.8, 4) is 0 Å². The summed E-state index contributed by atoms with van der Waals surface area (Å²) in [6.07, 6.45) is 11.0. The van der Waals surface area contributed by atoms with Crippen LogP contribution in [0.25, 0.3) is 11.0 Å². The van der Waals surface area contributed by atoms with Crippen LogP contribution in [0.5, 0.6) is 0 Å². The standard InChI is InChI=1S/C14H14N4O/c19-10-12-9-18(14-13(12)3-1-4-16-14)7-2-6-17-8-5-15-11-17/h1,3-5,8-11H,2,6-7H2. The van der Waals surface area contributed by atoms with Crippen LogP contribution >= 0.6 is 0 Å². The van der Waals surface area contributed by atoms with Gasteiger partial charge < -0.3 is 9.13 Å². The molecular weight excluding hydrogens is 240 g/mol. The number of hydrogen-bond donors (Lipinski definition) is 0. The van der Waals surface area contributed by atoms with Crippen LogP contribution < -0.4 is 0 Å². The lowest BCUT2D eigenvalue weighted by Gasteiger charge is -2.05. The van der Waals surface area contributed by atoms with Gasteiger partial charge in [0.1, 0.15) is 5.65 Å². The maximum Gasteiger partial charge on any atom is 0.152 e. The van der Waals surface area contributed by atoms with E-state index < -0.39 is 0 Å². The van der Waals surface area contributed by atoms with E-state index in [0.29, 0.717) is 5.56 Å². The summed E-state index contributed by atoms with van der Waals surface area (Å²) in [6, 6.07) is 3.78. The Morgan fingerprint density at radius 2 is 2.21 bits per heavy atom. The first-order chi connectivity index (χ1) is 9.38. The van der Waals surface area contributed by atoms with Gasteiger partial charge in [-0.15, -0.1) is 0 Å². The minimum Gasteiger partial charge on any atom is -0.337 e. The number of carbonyl (C=O) groups excluding carboxylic acids is 1. The third-order valence-corrected chi connectivity index (χ3v) is 3.17. The van der Waals surface area contributed by atoms with E-state index in [9.17, 15) is 4.79 Å². The highest BCUT2D eigenvalue weighted by molar-refractivity contribution is 5.95. The lowest BCUT2D eigenvalue weighted by molar-refractivity contribution is 0.112. The fourth-order valence-corrected chi connectivity index (χ4v) is 2.26. The number of aromatic nitrogens is 4. The van der Waals surface area contributed by atoms with Gasteiger partial charge in [0.05, 0.1) is 6.33 Å². The molecule has 0 aromatic carbocycles. The van der Waals surface area contributed by atoms with Crippen LogP contribution in [0.1, 0.15) is 16.8 Å². The summed E-state index contributed by atoms with van der Waals surface area (Å²) in [5, 5.41) is 0.917. The molecule has 0 saturated heterocycles. The summed E-state index contributed by atoms with van der Waals surface area (Å²) in [4.78, 5) is 19.4. The second kappa shape index (κ2) is 5.06. The molecule has 0 saturated carbocycles. The molecule has 19 heavy (non-hydrogen) atoms. The van der Waals surface area contributed by atoms with Gasteiger partial charge in [0.15, 0.2) is 6.29 Å². The van der Waals surface area contributed by atoms with Crippen molar-refractivity contribution >= 4 is 17.3 Å². The fraction of sp³-hybridized carbons (Fsp3) is 0.214. The van der Waals surface area contributed by atoms with E-state index in [4.69, 9.17) is 0 Å². The molecule has 96 valence electrons. The Bertz CT molecular complexity index is 685. The Hall–Kier alpha value is -2.43. The predicted octanol–water partition coefficient (Wildman–Crippen LogP) is 2.14. The van der Waals surface area contributed by atoms with Gasteiger partial charge in [-0.3, -0.25) is 4.79 Å². The van der Waals surface area contributed by atoms with Gasteiger partial charge in [-0.05, 0) is 18.6 Å². The number of nitrogens with zero attached hydrogens (tertiary/aromatic N) is 4. The molecule has 3 heterocycles. The Labute approximate surface area is 110 Å². The van der Waals surface area contributed by atoms with Crippen molar-refractivity contribution < 1.29 is 4.79 Å².